The number of nitrogens with zero attached hydrogens (tertiary/aromatic N) is 3. The fraction of sp³-hybridized carbons (Fsp3) is 0.350. The fourth-order valence-corrected chi connectivity index (χ4v) is 3.99. The number of hydrogen-bond acceptors (Lipinski definition) is 4. The van der Waals surface area contributed by atoms with Gasteiger partial charge in [0, 0.05) is 29.2 Å². The molecule has 0 unspecified atom stereocenters. The lowest BCUT2D eigenvalue weighted by Crippen LogP contribution is -2.39. The zero-order valence-electron chi connectivity index (χ0n) is 15.8. The quantitative estimate of drug-likeness (QED) is 0.681. The Bertz CT molecular complexity index is 959. The monoisotopic (exact) mass is 399 g/mol. The van der Waals surface area contributed by atoms with E-state index in [2.05, 4.69) is 20.7 Å². The summed E-state index contributed by atoms with van der Waals surface area (Å²) >= 11 is 5.97. The number of urea groups is 1. The average Bonchev–Trinajstić information content (AvgIpc) is 3.41. The third-order valence-electron chi connectivity index (χ3n) is 5.22. The molecule has 1 atom stereocenters. The zero-order chi connectivity index (χ0) is 19.7. The lowest BCUT2D eigenvalue weighted by molar-refractivity contribution is 0.192. The predicted octanol–water partition coefficient (Wildman–Crippen LogP) is 4.38. The van der Waals surface area contributed by atoms with Crippen molar-refractivity contribution in [2.45, 2.75) is 39.3 Å². The van der Waals surface area contributed by atoms with Gasteiger partial charge in [0.2, 0.25) is 0 Å². The molecule has 0 radical (unpaired) electrons. The van der Waals surface area contributed by atoms with Crippen LogP contribution in [0, 0.1) is 13.8 Å². The van der Waals surface area contributed by atoms with Crippen LogP contribution in [0.25, 0.3) is 11.3 Å². The summed E-state index contributed by atoms with van der Waals surface area (Å²) in [4.78, 5) is 14.7. The first kappa shape index (κ1) is 18.6. The highest BCUT2D eigenvalue weighted by molar-refractivity contribution is 6.30. The minimum atomic E-state index is -0.0919. The van der Waals surface area contributed by atoms with Crippen molar-refractivity contribution in [2.75, 3.05) is 6.54 Å². The summed E-state index contributed by atoms with van der Waals surface area (Å²) in [5, 5.41) is 14.9. The number of hydrogen-bond donors (Lipinski definition) is 2. The van der Waals surface area contributed by atoms with Crippen LogP contribution in [-0.4, -0.2) is 32.8 Å². The zero-order valence-corrected chi connectivity index (χ0v) is 16.6. The Labute approximate surface area is 168 Å². The molecule has 1 aliphatic rings. The molecule has 0 spiro atoms. The molecular formula is C20H22ClN5O2. The van der Waals surface area contributed by atoms with Gasteiger partial charge in [-0.25, -0.2) is 4.79 Å². The van der Waals surface area contributed by atoms with Crippen molar-refractivity contribution in [3.63, 3.8) is 0 Å². The molecular weight excluding hydrogens is 378 g/mol. The maximum absolute atomic E-state index is 12.9. The SMILES string of the molecule is Cc1noc(C)c1[C@@H]1CCCN1C(=O)NCc1cn[nH]c1-c1ccc(Cl)cc1. The van der Waals surface area contributed by atoms with Gasteiger partial charge in [0.05, 0.1) is 23.6 Å². The number of benzene rings is 1. The van der Waals surface area contributed by atoms with Crippen LogP contribution < -0.4 is 5.32 Å². The normalized spacial score (nSPS) is 16.5. The van der Waals surface area contributed by atoms with Crippen LogP contribution in [0.5, 0.6) is 0 Å². The molecule has 8 heteroatoms. The first-order chi connectivity index (χ1) is 13.5. The highest BCUT2D eigenvalue weighted by Crippen LogP contribution is 2.35. The number of aryl methyl sites for hydroxylation is 2. The summed E-state index contributed by atoms with van der Waals surface area (Å²) in [6.45, 7) is 4.92. The molecule has 7 nitrogen and oxygen atoms in total. The number of H-pyrrole nitrogens is 1. The number of carbonyl (C=O) groups excluding carboxylic acids is 1. The van der Waals surface area contributed by atoms with E-state index >= 15 is 0 Å². The second-order valence-corrected chi connectivity index (χ2v) is 7.46. The number of aromatic amines is 1. The number of carbonyl (C=O) groups is 1. The number of amides is 2. The Morgan fingerprint density at radius 3 is 2.86 bits per heavy atom. The Morgan fingerprint density at radius 1 is 1.36 bits per heavy atom. The molecule has 146 valence electrons. The van der Waals surface area contributed by atoms with E-state index in [1.807, 2.05) is 43.0 Å². The number of likely N-dealkylation sites (tertiary alicyclic amines) is 1. The minimum Gasteiger partial charge on any atom is -0.361 e. The van der Waals surface area contributed by atoms with E-state index in [-0.39, 0.29) is 12.1 Å². The standard InChI is InChI=1S/C20H22ClN5O2/c1-12-18(13(2)28-25-12)17-4-3-9-26(17)20(27)22-10-15-11-23-24-19(15)14-5-7-16(21)8-6-14/h5-8,11,17H,3-4,9-10H2,1-2H3,(H,22,27)(H,23,24)/t17-/m0/s1. The van der Waals surface area contributed by atoms with Gasteiger partial charge in [0.15, 0.2) is 0 Å². The van der Waals surface area contributed by atoms with E-state index in [1.165, 1.54) is 0 Å². The smallest absolute Gasteiger partial charge is 0.318 e. The average molecular weight is 400 g/mol. The number of halogens is 1. The van der Waals surface area contributed by atoms with Gasteiger partial charge in [0.1, 0.15) is 5.76 Å². The second kappa shape index (κ2) is 7.67. The van der Waals surface area contributed by atoms with Crippen molar-refractivity contribution in [3.8, 4) is 11.3 Å². The van der Waals surface area contributed by atoms with Crippen molar-refractivity contribution in [3.05, 3.63) is 58.1 Å². The van der Waals surface area contributed by atoms with E-state index in [9.17, 15) is 4.79 Å². The van der Waals surface area contributed by atoms with E-state index in [0.717, 1.165) is 53.2 Å². The molecule has 1 aliphatic heterocycles. The van der Waals surface area contributed by atoms with Crippen molar-refractivity contribution < 1.29 is 9.32 Å². The first-order valence-corrected chi connectivity index (χ1v) is 9.68. The summed E-state index contributed by atoms with van der Waals surface area (Å²) in [6, 6.07) is 7.43. The van der Waals surface area contributed by atoms with Crippen LogP contribution in [0.1, 0.15) is 41.5 Å². The van der Waals surface area contributed by atoms with E-state index < -0.39 is 0 Å². The summed E-state index contributed by atoms with van der Waals surface area (Å²) < 4.78 is 5.30. The maximum Gasteiger partial charge on any atom is 0.318 e. The molecule has 1 saturated heterocycles. The summed E-state index contributed by atoms with van der Waals surface area (Å²) in [6.07, 6.45) is 3.61. The highest BCUT2D eigenvalue weighted by Gasteiger charge is 2.33. The van der Waals surface area contributed by atoms with Gasteiger partial charge in [-0.1, -0.05) is 28.9 Å². The third kappa shape index (κ3) is 3.49. The summed E-state index contributed by atoms with van der Waals surface area (Å²) in [7, 11) is 0. The molecule has 0 bridgehead atoms. The molecule has 1 aromatic carbocycles. The second-order valence-electron chi connectivity index (χ2n) is 7.03. The Morgan fingerprint density at radius 2 is 2.14 bits per heavy atom. The molecule has 2 N–H and O–H groups in total. The van der Waals surface area contributed by atoms with Crippen molar-refractivity contribution in [2.24, 2.45) is 0 Å². The van der Waals surface area contributed by atoms with Crippen molar-refractivity contribution in [1.29, 1.82) is 0 Å². The molecule has 28 heavy (non-hydrogen) atoms. The van der Waals surface area contributed by atoms with Crippen LogP contribution in [-0.2, 0) is 6.54 Å². The highest BCUT2D eigenvalue weighted by atomic mass is 35.5. The molecule has 2 amide bonds. The van der Waals surface area contributed by atoms with Gasteiger partial charge in [-0.3, -0.25) is 5.10 Å². The van der Waals surface area contributed by atoms with Crippen molar-refractivity contribution in [1.82, 2.24) is 25.6 Å². The molecule has 3 aromatic rings. The molecule has 0 aliphatic carbocycles. The fourth-order valence-electron chi connectivity index (χ4n) is 3.86. The Kier molecular flexibility index (Phi) is 5.09. The molecule has 4 rings (SSSR count). The Balaban J connectivity index is 1.47. The first-order valence-electron chi connectivity index (χ1n) is 9.30. The van der Waals surface area contributed by atoms with Gasteiger partial charge in [-0.05, 0) is 44.4 Å². The molecule has 0 saturated carbocycles. The number of rotatable bonds is 4. The van der Waals surface area contributed by atoms with Crippen LogP contribution in [0.15, 0.2) is 35.0 Å². The molecule has 1 fully saturated rings. The Hall–Kier alpha value is -2.80. The van der Waals surface area contributed by atoms with Gasteiger partial charge in [-0.2, -0.15) is 5.10 Å². The third-order valence-corrected chi connectivity index (χ3v) is 5.47. The summed E-state index contributed by atoms with van der Waals surface area (Å²) in [5.41, 5.74) is 4.64. The minimum absolute atomic E-state index is 0.00587. The van der Waals surface area contributed by atoms with Crippen LogP contribution >= 0.6 is 11.6 Å². The lowest BCUT2D eigenvalue weighted by atomic mass is 10.0. The maximum atomic E-state index is 12.9. The van der Waals surface area contributed by atoms with Gasteiger partial charge < -0.3 is 14.7 Å². The van der Waals surface area contributed by atoms with Crippen LogP contribution in [0.3, 0.4) is 0 Å². The van der Waals surface area contributed by atoms with Crippen molar-refractivity contribution >= 4 is 17.6 Å². The van der Waals surface area contributed by atoms with Gasteiger partial charge in [-0.15, -0.1) is 0 Å². The summed E-state index contributed by atoms with van der Waals surface area (Å²) in [5.74, 6) is 0.780. The largest absolute Gasteiger partial charge is 0.361 e. The van der Waals surface area contributed by atoms with E-state index in [0.29, 0.717) is 11.6 Å². The van der Waals surface area contributed by atoms with Gasteiger partial charge >= 0.3 is 6.03 Å². The van der Waals surface area contributed by atoms with E-state index in [4.69, 9.17) is 16.1 Å². The topological polar surface area (TPSA) is 87.1 Å². The van der Waals surface area contributed by atoms with Crippen LogP contribution in [0.2, 0.25) is 5.02 Å². The van der Waals surface area contributed by atoms with Crippen LogP contribution in [0.4, 0.5) is 4.79 Å². The molecule has 2 aromatic heterocycles. The van der Waals surface area contributed by atoms with E-state index in [1.54, 1.807) is 6.20 Å². The van der Waals surface area contributed by atoms with Gasteiger partial charge in [0.25, 0.3) is 0 Å². The lowest BCUT2D eigenvalue weighted by Gasteiger charge is -2.25. The predicted molar refractivity (Wildman–Crippen MR) is 106 cm³/mol. The number of nitrogens with one attached hydrogen (secondary N) is 2. The number of aromatic nitrogens is 3. The molecule has 3 heterocycles.